The topological polar surface area (TPSA) is 239 Å². The van der Waals surface area contributed by atoms with Crippen molar-refractivity contribution in [3.8, 4) is 5.75 Å². The summed E-state index contributed by atoms with van der Waals surface area (Å²) in [6, 6.07) is 1.02. The Bertz CT molecular complexity index is 1340. The molecule has 0 radical (unpaired) electrons. The van der Waals surface area contributed by atoms with Gasteiger partial charge in [-0.3, -0.25) is 19.2 Å². The van der Waals surface area contributed by atoms with Gasteiger partial charge in [0.25, 0.3) is 5.91 Å². The van der Waals surface area contributed by atoms with E-state index >= 15 is 0 Å². The number of hydrogen-bond donors (Lipinski definition) is 8. The van der Waals surface area contributed by atoms with Gasteiger partial charge in [-0.25, -0.2) is 0 Å². The van der Waals surface area contributed by atoms with Crippen LogP contribution in [0.4, 0.5) is 5.69 Å². The highest BCUT2D eigenvalue weighted by Gasteiger charge is 2.66. The second kappa shape index (κ2) is 8.05. The van der Waals surface area contributed by atoms with Crippen LogP contribution in [0.15, 0.2) is 29.0 Å². The summed E-state index contributed by atoms with van der Waals surface area (Å²) in [5.74, 6) is -7.86. The minimum Gasteiger partial charge on any atom is -0.508 e. The molecule has 3 aliphatic carbocycles. The Hall–Kier alpha value is -3.90. The largest absolute Gasteiger partial charge is 0.508 e. The molecule has 0 heterocycles. The number of primary amides is 1. The predicted molar refractivity (Wildman–Crippen MR) is 131 cm³/mol. The zero-order valence-corrected chi connectivity index (χ0v) is 20.6. The molecule has 4 atom stereocenters. The highest BCUT2D eigenvalue weighted by molar-refractivity contribution is 6.24. The Morgan fingerprint density at radius 3 is 2.35 bits per heavy atom. The molecule has 1 aromatic rings. The van der Waals surface area contributed by atoms with Crippen LogP contribution in [0.25, 0.3) is 5.76 Å². The number of anilines is 1. The first-order valence-electron chi connectivity index (χ1n) is 11.6. The Labute approximate surface area is 211 Å². The van der Waals surface area contributed by atoms with E-state index in [4.69, 9.17) is 17.2 Å². The van der Waals surface area contributed by atoms with Gasteiger partial charge in [0.15, 0.2) is 11.4 Å². The van der Waals surface area contributed by atoms with Gasteiger partial charge >= 0.3 is 0 Å². The monoisotopic (exact) mass is 514 g/mol. The Morgan fingerprint density at radius 1 is 1.16 bits per heavy atom. The van der Waals surface area contributed by atoms with E-state index in [1.165, 1.54) is 12.1 Å². The molecular weight excluding hydrogens is 484 g/mol. The standard InChI is InChI=1S/C25H30N4O8/c1-23(2,3)22(36)29-8-24-6-9-11(26)4-5-12(30)13(9)17(31)15(24)20(34)25(37)10(7-24)16(27)18(32)14(19(25)33)21(28)35/h4-5,10,16,30-31,33,37H,6-8,26-27H2,1-3H3,(H2,28,35)(H,29,36)/t10-,16-,24-,25+/m0/s1. The summed E-state index contributed by atoms with van der Waals surface area (Å²) in [7, 11) is 0. The summed E-state index contributed by atoms with van der Waals surface area (Å²) in [6.45, 7) is 4.79. The average molecular weight is 515 g/mol. The maximum atomic E-state index is 14.0. The van der Waals surface area contributed by atoms with Gasteiger partial charge in [-0.05, 0) is 30.5 Å². The summed E-state index contributed by atoms with van der Waals surface area (Å²) in [5, 5.41) is 47.0. The number of ketones is 2. The van der Waals surface area contributed by atoms with Crippen LogP contribution in [-0.2, 0) is 25.6 Å². The number of aliphatic hydroxyl groups is 3. The number of phenols is 1. The lowest BCUT2D eigenvalue weighted by molar-refractivity contribution is -0.153. The van der Waals surface area contributed by atoms with Gasteiger partial charge in [0, 0.05) is 34.6 Å². The van der Waals surface area contributed by atoms with Gasteiger partial charge in [0.2, 0.25) is 11.7 Å². The van der Waals surface area contributed by atoms with Crippen LogP contribution in [0.2, 0.25) is 0 Å². The summed E-state index contributed by atoms with van der Waals surface area (Å²) in [5.41, 5.74) is 11.3. The Morgan fingerprint density at radius 2 is 1.78 bits per heavy atom. The van der Waals surface area contributed by atoms with Crippen LogP contribution < -0.4 is 22.5 Å². The third kappa shape index (κ3) is 3.50. The third-order valence-corrected chi connectivity index (χ3v) is 7.66. The molecular formula is C25H30N4O8. The van der Waals surface area contributed by atoms with Crippen LogP contribution in [0.1, 0.15) is 38.3 Å². The van der Waals surface area contributed by atoms with E-state index in [0.717, 1.165) is 0 Å². The van der Waals surface area contributed by atoms with Gasteiger partial charge in [-0.2, -0.15) is 0 Å². The maximum absolute atomic E-state index is 14.0. The molecule has 11 N–H and O–H groups in total. The van der Waals surface area contributed by atoms with Crippen molar-refractivity contribution in [2.45, 2.75) is 45.3 Å². The third-order valence-electron chi connectivity index (χ3n) is 7.66. The van der Waals surface area contributed by atoms with Crippen LogP contribution in [-0.4, -0.2) is 62.0 Å². The highest BCUT2D eigenvalue weighted by Crippen LogP contribution is 2.57. The van der Waals surface area contributed by atoms with Gasteiger partial charge in [0.1, 0.15) is 22.8 Å². The molecule has 1 saturated carbocycles. The minimum absolute atomic E-state index is 0.0846. The number of aromatic hydroxyl groups is 1. The van der Waals surface area contributed by atoms with Gasteiger partial charge in [-0.1, -0.05) is 20.8 Å². The fraction of sp³-hybridized carbons (Fsp3) is 0.440. The second-order valence-corrected chi connectivity index (χ2v) is 11.0. The molecule has 12 nitrogen and oxygen atoms in total. The van der Waals surface area contributed by atoms with Crippen molar-refractivity contribution in [3.05, 3.63) is 40.2 Å². The molecule has 2 amide bonds. The van der Waals surface area contributed by atoms with E-state index in [2.05, 4.69) is 5.32 Å². The number of carbonyl (C=O) groups excluding carboxylic acids is 4. The predicted octanol–water partition coefficient (Wildman–Crippen LogP) is -0.524. The van der Waals surface area contributed by atoms with E-state index in [1.54, 1.807) is 20.8 Å². The van der Waals surface area contributed by atoms with Crippen molar-refractivity contribution in [2.24, 2.45) is 28.2 Å². The van der Waals surface area contributed by atoms with Crippen molar-refractivity contribution in [3.63, 3.8) is 0 Å². The van der Waals surface area contributed by atoms with Gasteiger partial charge in [-0.15, -0.1) is 0 Å². The molecule has 0 unspecified atom stereocenters. The SMILES string of the molecule is CC(C)(C)C(=O)NC[C@@]12Cc3c(N)ccc(O)c3C(O)=C1C(=O)[C@]1(O)C(O)=C(C(N)=O)C(=O)[C@@H](N)[C@@H]1C2. The number of nitrogen functional groups attached to an aromatic ring is 1. The number of carbonyl (C=O) groups is 4. The molecule has 0 saturated heterocycles. The summed E-state index contributed by atoms with van der Waals surface area (Å²) < 4.78 is 0. The zero-order valence-electron chi connectivity index (χ0n) is 20.6. The summed E-state index contributed by atoms with van der Waals surface area (Å²) in [6.07, 6.45) is -0.366. The average Bonchev–Trinajstić information content (AvgIpc) is 2.79. The Kier molecular flexibility index (Phi) is 5.69. The number of fused-ring (bicyclic) bond motifs is 3. The first kappa shape index (κ1) is 26.2. The Balaban J connectivity index is 2.00. The fourth-order valence-electron chi connectivity index (χ4n) is 5.66. The lowest BCUT2D eigenvalue weighted by Gasteiger charge is -2.53. The molecule has 1 fully saturated rings. The number of amides is 2. The highest BCUT2D eigenvalue weighted by atomic mass is 16.3. The van der Waals surface area contributed by atoms with Crippen molar-refractivity contribution in [1.82, 2.24) is 5.32 Å². The van der Waals surface area contributed by atoms with Crippen LogP contribution in [0, 0.1) is 16.7 Å². The summed E-state index contributed by atoms with van der Waals surface area (Å²) in [4.78, 5) is 51.6. The van der Waals surface area contributed by atoms with Gasteiger partial charge < -0.3 is 42.9 Å². The van der Waals surface area contributed by atoms with E-state index in [9.17, 15) is 39.6 Å². The van der Waals surface area contributed by atoms with E-state index in [0.29, 0.717) is 0 Å². The molecule has 0 aromatic heterocycles. The number of Topliss-reactive ketones (excluding diaryl/α,β-unsaturated/α-hetero) is 2. The van der Waals surface area contributed by atoms with Crippen LogP contribution in [0.3, 0.4) is 0 Å². The number of aliphatic hydroxyl groups excluding tert-OH is 2. The molecule has 0 spiro atoms. The zero-order chi connectivity index (χ0) is 27.8. The van der Waals surface area contributed by atoms with E-state index in [-0.39, 0.29) is 42.1 Å². The van der Waals surface area contributed by atoms with Gasteiger partial charge in [0.05, 0.1) is 11.6 Å². The molecule has 4 rings (SSSR count). The van der Waals surface area contributed by atoms with Crippen molar-refractivity contribution in [2.75, 3.05) is 12.3 Å². The van der Waals surface area contributed by atoms with Crippen molar-refractivity contribution >= 4 is 34.8 Å². The molecule has 198 valence electrons. The number of hydrogen-bond acceptors (Lipinski definition) is 10. The second-order valence-electron chi connectivity index (χ2n) is 11.0. The number of nitrogens with two attached hydrogens (primary N) is 3. The number of phenolic OH excluding ortho intramolecular Hbond substituents is 1. The molecule has 12 heteroatoms. The lowest BCUT2D eigenvalue weighted by atomic mass is 9.51. The van der Waals surface area contributed by atoms with Crippen LogP contribution >= 0.6 is 0 Å². The quantitative estimate of drug-likeness (QED) is 0.146. The van der Waals surface area contributed by atoms with E-state index < -0.39 is 74.3 Å². The smallest absolute Gasteiger partial charge is 0.255 e. The normalized spacial score (nSPS) is 29.4. The lowest BCUT2D eigenvalue weighted by Crippen LogP contribution is -2.68. The molecule has 37 heavy (non-hydrogen) atoms. The molecule has 0 bridgehead atoms. The minimum atomic E-state index is -2.87. The number of benzene rings is 1. The van der Waals surface area contributed by atoms with Crippen LogP contribution in [0.5, 0.6) is 5.75 Å². The summed E-state index contributed by atoms with van der Waals surface area (Å²) >= 11 is 0. The molecule has 3 aliphatic rings. The van der Waals surface area contributed by atoms with Crippen molar-refractivity contribution < 1.29 is 39.6 Å². The maximum Gasteiger partial charge on any atom is 0.255 e. The molecule has 1 aromatic carbocycles. The van der Waals surface area contributed by atoms with Crippen molar-refractivity contribution in [1.29, 1.82) is 0 Å². The first-order chi connectivity index (χ1) is 17.0. The number of rotatable bonds is 3. The number of nitrogens with one attached hydrogen (secondary N) is 1. The fourth-order valence-corrected chi connectivity index (χ4v) is 5.66. The first-order valence-corrected chi connectivity index (χ1v) is 11.6. The molecule has 0 aliphatic heterocycles. The van der Waals surface area contributed by atoms with E-state index in [1.807, 2.05) is 0 Å².